The van der Waals surface area contributed by atoms with Crippen LogP contribution in [0.4, 0.5) is 0 Å². The summed E-state index contributed by atoms with van der Waals surface area (Å²) < 4.78 is 42.3. The Hall–Kier alpha value is -5.66. The number of benzene rings is 8. The predicted molar refractivity (Wildman–Crippen MR) is 181 cm³/mol. The van der Waals surface area contributed by atoms with E-state index in [4.69, 9.17) is 7.48 Å². The van der Waals surface area contributed by atoms with Gasteiger partial charge in [0.15, 0.2) is 0 Å². The molecule has 0 radical (unpaired) electrons. The Bertz CT molecular complexity index is 2570. The number of hydrogen-bond acceptors (Lipinski definition) is 1. The number of rotatable bonds is 3. The first-order chi connectivity index (χ1) is 23.0. The Labute approximate surface area is 255 Å². The van der Waals surface area contributed by atoms with Gasteiger partial charge in [0, 0.05) is 10.9 Å². The first kappa shape index (κ1) is 20.3. The van der Waals surface area contributed by atoms with Crippen molar-refractivity contribution in [1.29, 1.82) is 0 Å². The molecule has 0 aliphatic carbocycles. The molecule has 43 heavy (non-hydrogen) atoms. The first-order valence-electron chi connectivity index (χ1n) is 16.4. The lowest BCUT2D eigenvalue weighted by Crippen LogP contribution is -1.97. The van der Waals surface area contributed by atoms with E-state index in [1.807, 2.05) is 54.6 Å². The summed E-state index contributed by atoms with van der Waals surface area (Å²) in [7, 11) is 0. The van der Waals surface area contributed by atoms with Crippen molar-refractivity contribution in [2.24, 2.45) is 0 Å². The van der Waals surface area contributed by atoms with Gasteiger partial charge in [-0.2, -0.15) is 0 Å². The second-order valence-corrected chi connectivity index (χ2v) is 11.0. The Balaban J connectivity index is 1.36. The van der Waals surface area contributed by atoms with E-state index >= 15 is 0 Å². The van der Waals surface area contributed by atoms with Crippen molar-refractivity contribution in [2.45, 2.75) is 0 Å². The molecule has 9 rings (SSSR count). The highest BCUT2D eigenvalue weighted by Gasteiger charge is 2.22. The van der Waals surface area contributed by atoms with Gasteiger partial charge in [-0.25, -0.2) is 0 Å². The Morgan fingerprint density at radius 2 is 1.02 bits per heavy atom. The minimum Gasteiger partial charge on any atom is -0.456 e. The lowest BCUT2D eigenvalue weighted by atomic mass is 9.84. The van der Waals surface area contributed by atoms with Crippen LogP contribution in [-0.4, -0.2) is 0 Å². The number of fused-ring (bicyclic) bond motifs is 4. The van der Waals surface area contributed by atoms with E-state index in [1.54, 1.807) is 0 Å². The molecule has 200 valence electrons. The average molecular weight is 551 g/mol. The molecule has 1 aliphatic heterocycles. The maximum atomic E-state index is 9.26. The SMILES string of the molecule is [2H]c1c([2H])c([2H])c2c(-c3ccc4c(c3)-c3cccc5cccc(c35)O4)c3ccccc3c(-c3ccc(-c4ccccc4)cc3)c2c1[2H]. The molecule has 0 N–H and O–H groups in total. The third-order valence-electron chi connectivity index (χ3n) is 8.58. The van der Waals surface area contributed by atoms with Crippen LogP contribution in [0.2, 0.25) is 0 Å². The molecule has 0 amide bonds. The molecule has 1 heteroatoms. The molecular weight excluding hydrogens is 520 g/mol. The van der Waals surface area contributed by atoms with Gasteiger partial charge in [0.2, 0.25) is 0 Å². The van der Waals surface area contributed by atoms with Crippen LogP contribution in [0.3, 0.4) is 0 Å². The van der Waals surface area contributed by atoms with Crippen molar-refractivity contribution in [2.75, 3.05) is 0 Å². The standard InChI is InChI=1S/C42H26O/c1-2-10-27(11-3-1)28-20-22-30(23-21-28)40-32-14-4-6-16-34(32)41(35-17-7-5-15-33(35)40)31-24-25-38-37(26-31)36-18-8-12-29-13-9-19-39(43-38)42(29)36/h1-26H/i4D,6D,14D,16D. The van der Waals surface area contributed by atoms with E-state index in [0.29, 0.717) is 10.8 Å². The van der Waals surface area contributed by atoms with Gasteiger partial charge < -0.3 is 4.74 Å². The van der Waals surface area contributed by atoms with Crippen LogP contribution in [0.15, 0.2) is 158 Å². The topological polar surface area (TPSA) is 9.23 Å². The quantitative estimate of drug-likeness (QED) is 0.199. The van der Waals surface area contributed by atoms with Gasteiger partial charge in [-0.3, -0.25) is 0 Å². The fourth-order valence-corrected chi connectivity index (χ4v) is 6.66. The van der Waals surface area contributed by atoms with E-state index in [-0.39, 0.29) is 24.2 Å². The minimum absolute atomic E-state index is 0.0462. The zero-order valence-electron chi connectivity index (χ0n) is 27.1. The maximum absolute atomic E-state index is 9.26. The monoisotopic (exact) mass is 550 g/mol. The number of ether oxygens (including phenoxy) is 1. The van der Waals surface area contributed by atoms with E-state index in [2.05, 4.69) is 78.9 Å². The largest absolute Gasteiger partial charge is 0.456 e. The zero-order valence-corrected chi connectivity index (χ0v) is 23.1. The average Bonchev–Trinajstić information content (AvgIpc) is 3.12. The Kier molecular flexibility index (Phi) is 4.45. The third-order valence-corrected chi connectivity index (χ3v) is 8.58. The fourth-order valence-electron chi connectivity index (χ4n) is 6.66. The molecule has 0 unspecified atom stereocenters. The molecule has 0 spiro atoms. The lowest BCUT2D eigenvalue weighted by molar-refractivity contribution is 0.487. The van der Waals surface area contributed by atoms with Crippen LogP contribution < -0.4 is 4.74 Å². The molecule has 8 aromatic carbocycles. The smallest absolute Gasteiger partial charge is 0.135 e. The zero-order chi connectivity index (χ0) is 31.8. The molecule has 0 bridgehead atoms. The van der Waals surface area contributed by atoms with E-state index in [0.717, 1.165) is 77.6 Å². The normalized spacial score (nSPS) is 13.2. The van der Waals surface area contributed by atoms with Crippen LogP contribution in [0.1, 0.15) is 5.48 Å². The van der Waals surface area contributed by atoms with Crippen LogP contribution in [0, 0.1) is 0 Å². The second kappa shape index (κ2) is 9.44. The molecule has 1 heterocycles. The molecule has 0 fully saturated rings. The molecule has 1 nitrogen and oxygen atoms in total. The molecule has 0 atom stereocenters. The second-order valence-electron chi connectivity index (χ2n) is 11.0. The van der Waals surface area contributed by atoms with Crippen molar-refractivity contribution >= 4 is 32.3 Å². The Morgan fingerprint density at radius 1 is 0.419 bits per heavy atom. The summed E-state index contributed by atoms with van der Waals surface area (Å²) in [5, 5.41) is 5.02. The third kappa shape index (κ3) is 3.72. The van der Waals surface area contributed by atoms with Gasteiger partial charge in [0.1, 0.15) is 11.5 Å². The highest BCUT2D eigenvalue weighted by Crippen LogP contribution is 2.49. The van der Waals surface area contributed by atoms with Gasteiger partial charge in [0.25, 0.3) is 0 Å². The van der Waals surface area contributed by atoms with Gasteiger partial charge in [0.05, 0.1) is 5.48 Å². The minimum atomic E-state index is -0.246. The molecule has 8 aromatic rings. The van der Waals surface area contributed by atoms with Crippen LogP contribution in [0.25, 0.3) is 76.8 Å². The van der Waals surface area contributed by atoms with Crippen molar-refractivity contribution in [1.82, 2.24) is 0 Å². The summed E-state index contributed by atoms with van der Waals surface area (Å²) in [6.45, 7) is 0. The first-order valence-corrected chi connectivity index (χ1v) is 14.4. The summed E-state index contributed by atoms with van der Waals surface area (Å²) in [5.41, 5.74) is 7.55. The highest BCUT2D eigenvalue weighted by atomic mass is 16.5. The fraction of sp³-hybridized carbons (Fsp3) is 0. The molecule has 0 saturated carbocycles. The van der Waals surface area contributed by atoms with Crippen molar-refractivity contribution in [3.8, 4) is 56.0 Å². The van der Waals surface area contributed by atoms with E-state index in [9.17, 15) is 2.74 Å². The lowest BCUT2D eigenvalue weighted by Gasteiger charge is -2.23. The molecule has 0 aromatic heterocycles. The van der Waals surface area contributed by atoms with E-state index < -0.39 is 0 Å². The van der Waals surface area contributed by atoms with Gasteiger partial charge in [-0.15, -0.1) is 0 Å². The summed E-state index contributed by atoms with van der Waals surface area (Å²) in [6.07, 6.45) is 0. The maximum Gasteiger partial charge on any atom is 0.135 e. The Morgan fingerprint density at radius 3 is 1.77 bits per heavy atom. The molecule has 0 saturated heterocycles. The van der Waals surface area contributed by atoms with Crippen molar-refractivity contribution in [3.05, 3.63) is 158 Å². The van der Waals surface area contributed by atoms with Crippen LogP contribution in [-0.2, 0) is 0 Å². The van der Waals surface area contributed by atoms with Gasteiger partial charge in [-0.1, -0.05) is 139 Å². The summed E-state index contributed by atoms with van der Waals surface area (Å²) in [6, 6.07) is 44.4. The summed E-state index contributed by atoms with van der Waals surface area (Å²) >= 11 is 0. The van der Waals surface area contributed by atoms with Gasteiger partial charge >= 0.3 is 0 Å². The van der Waals surface area contributed by atoms with Crippen molar-refractivity contribution in [3.63, 3.8) is 0 Å². The van der Waals surface area contributed by atoms with Crippen LogP contribution >= 0.6 is 0 Å². The molecule has 1 aliphatic rings. The van der Waals surface area contributed by atoms with E-state index in [1.165, 1.54) is 0 Å². The van der Waals surface area contributed by atoms with Crippen molar-refractivity contribution < 1.29 is 10.2 Å². The predicted octanol–water partition coefficient (Wildman–Crippen LogP) is 11.9. The summed E-state index contributed by atoms with van der Waals surface area (Å²) in [5.74, 6) is 1.58. The summed E-state index contributed by atoms with van der Waals surface area (Å²) in [4.78, 5) is 0. The van der Waals surface area contributed by atoms with Gasteiger partial charge in [-0.05, 0) is 84.1 Å². The molecular formula is C42H26O. The number of hydrogen-bond donors (Lipinski definition) is 0. The van der Waals surface area contributed by atoms with Crippen LogP contribution in [0.5, 0.6) is 11.5 Å². The highest BCUT2D eigenvalue weighted by molar-refractivity contribution is 6.21.